The van der Waals surface area contributed by atoms with Crippen molar-refractivity contribution in [2.45, 2.75) is 45.0 Å². The fourth-order valence-corrected chi connectivity index (χ4v) is 1.81. The molecular weight excluding hydrogens is 254 g/mol. The number of hydrogen-bond donors (Lipinski definition) is 2. The molecule has 0 saturated carbocycles. The summed E-state index contributed by atoms with van der Waals surface area (Å²) in [4.78, 5) is 24.0. The van der Waals surface area contributed by atoms with Gasteiger partial charge < -0.3 is 24.6 Å². The summed E-state index contributed by atoms with van der Waals surface area (Å²) < 4.78 is 10.6. The number of carboxylic acid groups (broad SMARTS) is 1. The molecule has 110 valence electrons. The largest absolute Gasteiger partial charge is 0.481 e. The van der Waals surface area contributed by atoms with E-state index in [0.717, 1.165) is 0 Å². The van der Waals surface area contributed by atoms with Crippen LogP contribution in [-0.4, -0.2) is 64.7 Å². The van der Waals surface area contributed by atoms with Gasteiger partial charge >= 0.3 is 12.1 Å². The van der Waals surface area contributed by atoms with Gasteiger partial charge in [0.05, 0.1) is 38.3 Å². The summed E-state index contributed by atoms with van der Waals surface area (Å²) in [5.41, 5.74) is -0.619. The third-order valence-corrected chi connectivity index (χ3v) is 2.49. The summed E-state index contributed by atoms with van der Waals surface area (Å²) in [7, 11) is 0. The van der Waals surface area contributed by atoms with Crippen LogP contribution in [0.1, 0.15) is 27.2 Å². The highest BCUT2D eigenvalue weighted by atomic mass is 16.6. The van der Waals surface area contributed by atoms with Crippen molar-refractivity contribution in [1.29, 1.82) is 0 Å². The molecule has 0 radical (unpaired) electrons. The summed E-state index contributed by atoms with van der Waals surface area (Å²) in [5.74, 6) is -1.01. The first kappa shape index (κ1) is 15.7. The molecule has 0 bridgehead atoms. The van der Waals surface area contributed by atoms with Crippen LogP contribution < -0.4 is 0 Å². The van der Waals surface area contributed by atoms with Crippen molar-refractivity contribution in [3.8, 4) is 0 Å². The van der Waals surface area contributed by atoms with Crippen molar-refractivity contribution in [1.82, 2.24) is 4.90 Å². The lowest BCUT2D eigenvalue weighted by atomic mass is 10.1. The molecule has 1 heterocycles. The summed E-state index contributed by atoms with van der Waals surface area (Å²) in [5, 5.41) is 17.9. The Morgan fingerprint density at radius 2 is 1.89 bits per heavy atom. The van der Waals surface area contributed by atoms with Gasteiger partial charge in [0.25, 0.3) is 0 Å². The van der Waals surface area contributed by atoms with Crippen molar-refractivity contribution < 1.29 is 29.3 Å². The maximum atomic E-state index is 11.9. The van der Waals surface area contributed by atoms with Crippen LogP contribution in [0.3, 0.4) is 0 Å². The highest BCUT2D eigenvalue weighted by molar-refractivity contribution is 5.69. The number of aliphatic hydroxyl groups excluding tert-OH is 1. The first-order valence-corrected chi connectivity index (χ1v) is 6.17. The van der Waals surface area contributed by atoms with Crippen LogP contribution in [-0.2, 0) is 14.3 Å². The molecule has 2 atom stereocenters. The molecule has 1 fully saturated rings. The van der Waals surface area contributed by atoms with E-state index in [2.05, 4.69) is 0 Å². The van der Waals surface area contributed by atoms with Crippen LogP contribution >= 0.6 is 0 Å². The van der Waals surface area contributed by atoms with Gasteiger partial charge in [-0.1, -0.05) is 0 Å². The Kier molecular flexibility index (Phi) is 5.13. The molecular formula is C12H21NO6. The van der Waals surface area contributed by atoms with E-state index < -0.39 is 29.9 Å². The molecule has 2 unspecified atom stereocenters. The lowest BCUT2D eigenvalue weighted by Crippen LogP contribution is -2.52. The predicted molar refractivity (Wildman–Crippen MR) is 65.8 cm³/mol. The van der Waals surface area contributed by atoms with Crippen LogP contribution in [0, 0.1) is 0 Å². The molecule has 0 spiro atoms. The topological polar surface area (TPSA) is 96.3 Å². The van der Waals surface area contributed by atoms with Crippen molar-refractivity contribution in [2.24, 2.45) is 0 Å². The summed E-state index contributed by atoms with van der Waals surface area (Å²) in [6.07, 6.45) is -1.94. The smallest absolute Gasteiger partial charge is 0.410 e. The molecule has 1 amide bonds. The van der Waals surface area contributed by atoms with Gasteiger partial charge in [-0.2, -0.15) is 0 Å². The number of amides is 1. The summed E-state index contributed by atoms with van der Waals surface area (Å²) >= 11 is 0. The van der Waals surface area contributed by atoms with Gasteiger partial charge in [0.15, 0.2) is 0 Å². The number of aliphatic carboxylic acids is 1. The molecule has 0 aromatic heterocycles. The van der Waals surface area contributed by atoms with Crippen LogP contribution in [0.15, 0.2) is 0 Å². The Balaban J connectivity index is 2.66. The molecule has 1 saturated heterocycles. The zero-order valence-corrected chi connectivity index (χ0v) is 11.5. The fourth-order valence-electron chi connectivity index (χ4n) is 1.81. The van der Waals surface area contributed by atoms with E-state index in [-0.39, 0.29) is 26.1 Å². The number of carbonyl (C=O) groups excluding carboxylic acids is 1. The van der Waals surface area contributed by atoms with E-state index in [9.17, 15) is 9.59 Å². The SMILES string of the molecule is CC(C)(C)OC(=O)N1CC(CO)OC(CC(=O)O)C1. The molecule has 0 aromatic rings. The molecule has 19 heavy (non-hydrogen) atoms. The maximum Gasteiger partial charge on any atom is 0.410 e. The minimum atomic E-state index is -1.01. The lowest BCUT2D eigenvalue weighted by Gasteiger charge is -2.37. The van der Waals surface area contributed by atoms with Gasteiger partial charge in [0.2, 0.25) is 0 Å². The van der Waals surface area contributed by atoms with Crippen LogP contribution in [0.4, 0.5) is 4.79 Å². The molecule has 1 aliphatic rings. The average molecular weight is 275 g/mol. The molecule has 0 aromatic carbocycles. The Morgan fingerprint density at radius 3 is 2.37 bits per heavy atom. The second-order valence-electron chi connectivity index (χ2n) is 5.55. The molecule has 0 aliphatic carbocycles. The molecule has 1 rings (SSSR count). The van der Waals surface area contributed by atoms with Gasteiger partial charge in [-0.15, -0.1) is 0 Å². The number of nitrogens with zero attached hydrogens (tertiary/aromatic N) is 1. The monoisotopic (exact) mass is 275 g/mol. The summed E-state index contributed by atoms with van der Waals surface area (Å²) in [6.45, 7) is 5.34. The lowest BCUT2D eigenvalue weighted by molar-refractivity contribution is -0.147. The second kappa shape index (κ2) is 6.21. The fraction of sp³-hybridized carbons (Fsp3) is 0.833. The Bertz CT molecular complexity index is 338. The first-order valence-electron chi connectivity index (χ1n) is 6.17. The van der Waals surface area contributed by atoms with E-state index in [1.807, 2.05) is 0 Å². The molecule has 7 nitrogen and oxygen atoms in total. The van der Waals surface area contributed by atoms with Gasteiger partial charge in [-0.3, -0.25) is 4.79 Å². The minimum Gasteiger partial charge on any atom is -0.481 e. The number of ether oxygens (including phenoxy) is 2. The van der Waals surface area contributed by atoms with Crippen molar-refractivity contribution in [3.63, 3.8) is 0 Å². The number of aliphatic hydroxyl groups is 1. The van der Waals surface area contributed by atoms with Gasteiger partial charge in [0, 0.05) is 0 Å². The van der Waals surface area contributed by atoms with Crippen LogP contribution in [0.2, 0.25) is 0 Å². The van der Waals surface area contributed by atoms with Crippen molar-refractivity contribution in [2.75, 3.05) is 19.7 Å². The predicted octanol–water partition coefficient (Wildman–Crippen LogP) is 0.458. The number of rotatable bonds is 3. The molecule has 2 N–H and O–H groups in total. The van der Waals surface area contributed by atoms with E-state index in [0.29, 0.717) is 0 Å². The minimum absolute atomic E-state index is 0.151. The van der Waals surface area contributed by atoms with Crippen molar-refractivity contribution in [3.05, 3.63) is 0 Å². The van der Waals surface area contributed by atoms with Gasteiger partial charge in [-0.05, 0) is 20.8 Å². The zero-order chi connectivity index (χ0) is 14.6. The van der Waals surface area contributed by atoms with E-state index in [1.165, 1.54) is 4.90 Å². The Labute approximate surface area is 112 Å². The van der Waals surface area contributed by atoms with E-state index in [4.69, 9.17) is 19.7 Å². The zero-order valence-electron chi connectivity index (χ0n) is 11.5. The van der Waals surface area contributed by atoms with E-state index >= 15 is 0 Å². The standard InChI is InChI=1S/C12H21NO6/c1-12(2,3)19-11(17)13-5-8(4-10(15)16)18-9(6-13)7-14/h8-9,14H,4-7H2,1-3H3,(H,15,16). The molecule has 7 heteroatoms. The average Bonchev–Trinajstić information content (AvgIpc) is 2.25. The Hall–Kier alpha value is -1.34. The molecule has 1 aliphatic heterocycles. The van der Waals surface area contributed by atoms with Crippen molar-refractivity contribution >= 4 is 12.1 Å². The van der Waals surface area contributed by atoms with Gasteiger partial charge in [-0.25, -0.2) is 4.79 Å². The Morgan fingerprint density at radius 1 is 1.32 bits per heavy atom. The van der Waals surface area contributed by atoms with Crippen LogP contribution in [0.25, 0.3) is 0 Å². The third kappa shape index (κ3) is 5.44. The number of carboxylic acids is 1. The highest BCUT2D eigenvalue weighted by Crippen LogP contribution is 2.17. The van der Waals surface area contributed by atoms with Crippen LogP contribution in [0.5, 0.6) is 0 Å². The first-order chi connectivity index (χ1) is 8.71. The highest BCUT2D eigenvalue weighted by Gasteiger charge is 2.33. The number of hydrogen-bond acceptors (Lipinski definition) is 5. The quantitative estimate of drug-likeness (QED) is 0.776. The van der Waals surface area contributed by atoms with Gasteiger partial charge in [0.1, 0.15) is 5.60 Å². The second-order valence-corrected chi connectivity index (χ2v) is 5.55. The van der Waals surface area contributed by atoms with E-state index in [1.54, 1.807) is 20.8 Å². The number of morpholine rings is 1. The normalized spacial score (nSPS) is 24.1. The third-order valence-electron chi connectivity index (χ3n) is 2.49. The number of carbonyl (C=O) groups is 2. The summed E-state index contributed by atoms with van der Waals surface area (Å²) in [6, 6.07) is 0. The maximum absolute atomic E-state index is 11.9.